The molecule has 7 nitrogen and oxygen atoms in total. The van der Waals surface area contributed by atoms with E-state index in [-0.39, 0.29) is 11.9 Å². The number of nitrogens with one attached hydrogen (secondary N) is 2. The van der Waals surface area contributed by atoms with Gasteiger partial charge >= 0.3 is 7.67 Å². The second kappa shape index (κ2) is 12.5. The van der Waals surface area contributed by atoms with Gasteiger partial charge in [-0.2, -0.15) is 0 Å². The Morgan fingerprint density at radius 1 is 1.25 bits per heavy atom. The molecule has 3 N–H and O–H groups in total. The lowest BCUT2D eigenvalue weighted by molar-refractivity contribution is -0.129. The van der Waals surface area contributed by atoms with Crippen LogP contribution in [0.1, 0.15) is 44.9 Å². The Labute approximate surface area is 153 Å². The van der Waals surface area contributed by atoms with Crippen LogP contribution < -0.4 is 10.6 Å². The van der Waals surface area contributed by atoms with Crippen molar-refractivity contribution < 1.29 is 19.1 Å². The van der Waals surface area contributed by atoms with E-state index in [1.165, 1.54) is 0 Å². The summed E-state index contributed by atoms with van der Waals surface area (Å²) in [6.45, 7) is 1.41. The Hall–Kier alpha value is 0.120. The fourth-order valence-electron chi connectivity index (χ4n) is 2.68. The lowest BCUT2D eigenvalue weighted by Gasteiger charge is -2.37. The smallest absolute Gasteiger partial charge is 0.306 e. The highest BCUT2D eigenvalue weighted by atomic mass is 35.5. The van der Waals surface area contributed by atoms with Gasteiger partial charge in [0.05, 0.1) is 6.61 Å². The number of rotatable bonds is 12. The SMILES string of the molecule is O=C(CCCCCCC1CCOP(=O)(N(CCCl)CCCl)N1)NO. The average molecular weight is 404 g/mol. The van der Waals surface area contributed by atoms with Crippen LogP contribution in [0.3, 0.4) is 0 Å². The van der Waals surface area contributed by atoms with Gasteiger partial charge in [0.2, 0.25) is 5.91 Å². The summed E-state index contributed by atoms with van der Waals surface area (Å²) in [5.74, 6) is 0.399. The first kappa shape index (κ1) is 22.2. The highest BCUT2D eigenvalue weighted by molar-refractivity contribution is 7.54. The summed E-state index contributed by atoms with van der Waals surface area (Å²) in [5, 5.41) is 11.6. The molecule has 1 fully saturated rings. The molecule has 1 aliphatic heterocycles. The number of amides is 1. The number of carbonyl (C=O) groups is 1. The minimum atomic E-state index is -3.06. The number of hydrogen-bond acceptors (Lipinski definition) is 4. The number of unbranched alkanes of at least 4 members (excludes halogenated alkanes) is 3. The highest BCUT2D eigenvalue weighted by Crippen LogP contribution is 2.50. The van der Waals surface area contributed by atoms with Crippen LogP contribution in [0.25, 0.3) is 0 Å². The Balaban J connectivity index is 2.31. The molecule has 1 saturated heterocycles. The molecule has 2 atom stereocenters. The predicted octanol–water partition coefficient (Wildman–Crippen LogP) is 3.10. The van der Waals surface area contributed by atoms with Crippen LogP contribution in [0.2, 0.25) is 0 Å². The first-order chi connectivity index (χ1) is 11.6. The van der Waals surface area contributed by atoms with E-state index in [4.69, 9.17) is 32.9 Å². The zero-order valence-corrected chi connectivity index (χ0v) is 16.3. The highest BCUT2D eigenvalue weighted by Gasteiger charge is 2.36. The zero-order valence-electron chi connectivity index (χ0n) is 13.9. The standard InChI is InChI=1S/C14H28Cl2N3O4P/c15-8-10-19(11-9-16)24(22)18-13(7-12-23-24)5-3-1-2-4-6-14(20)17-21/h13,21H,1-12H2,(H,17,20)(H,18,22). The Morgan fingerprint density at radius 3 is 2.54 bits per heavy atom. The minimum Gasteiger partial charge on any atom is -0.306 e. The molecule has 1 aliphatic rings. The maximum Gasteiger partial charge on any atom is 0.343 e. The van der Waals surface area contributed by atoms with Crippen LogP contribution >= 0.6 is 30.9 Å². The van der Waals surface area contributed by atoms with E-state index in [9.17, 15) is 9.36 Å². The summed E-state index contributed by atoms with van der Waals surface area (Å²) in [5.41, 5.74) is 1.63. The van der Waals surface area contributed by atoms with E-state index >= 15 is 0 Å². The third-order valence-corrected chi connectivity index (χ3v) is 6.67. The van der Waals surface area contributed by atoms with Crippen molar-refractivity contribution in [3.8, 4) is 0 Å². The Morgan fingerprint density at radius 2 is 1.92 bits per heavy atom. The molecule has 0 aliphatic carbocycles. The van der Waals surface area contributed by atoms with E-state index in [0.717, 1.165) is 38.5 Å². The maximum absolute atomic E-state index is 13.0. The van der Waals surface area contributed by atoms with Crippen LogP contribution in [0.5, 0.6) is 0 Å². The Bertz CT molecular complexity index is 411. The van der Waals surface area contributed by atoms with Crippen molar-refractivity contribution in [2.75, 3.05) is 31.5 Å². The zero-order chi connectivity index (χ0) is 17.8. The lowest BCUT2D eigenvalue weighted by Crippen LogP contribution is -2.41. The number of halogens is 2. The fourth-order valence-corrected chi connectivity index (χ4v) is 5.52. The van der Waals surface area contributed by atoms with Gasteiger partial charge in [-0.05, 0) is 19.3 Å². The minimum absolute atomic E-state index is 0.151. The summed E-state index contributed by atoms with van der Waals surface area (Å²) in [6.07, 6.45) is 5.75. The summed E-state index contributed by atoms with van der Waals surface area (Å²) >= 11 is 11.6. The summed E-state index contributed by atoms with van der Waals surface area (Å²) in [6, 6.07) is 0.151. The second-order valence-corrected chi connectivity index (χ2v) is 8.67. The molecule has 0 saturated carbocycles. The van der Waals surface area contributed by atoms with Gasteiger partial charge in [0.25, 0.3) is 0 Å². The van der Waals surface area contributed by atoms with E-state index in [2.05, 4.69) is 5.09 Å². The van der Waals surface area contributed by atoms with Gasteiger partial charge in [-0.1, -0.05) is 19.3 Å². The molecular formula is C14H28Cl2N3O4P. The van der Waals surface area contributed by atoms with Crippen molar-refractivity contribution in [2.24, 2.45) is 0 Å². The summed E-state index contributed by atoms with van der Waals surface area (Å²) < 4.78 is 20.2. The molecule has 0 spiro atoms. The topological polar surface area (TPSA) is 90.9 Å². The number of hydroxylamine groups is 1. The third-order valence-electron chi connectivity index (χ3n) is 3.97. The van der Waals surface area contributed by atoms with Crippen molar-refractivity contribution in [1.29, 1.82) is 0 Å². The normalized spacial score (nSPS) is 24.2. The van der Waals surface area contributed by atoms with Crippen LogP contribution in [0.15, 0.2) is 0 Å². The molecule has 0 radical (unpaired) electrons. The Kier molecular flexibility index (Phi) is 11.5. The predicted molar refractivity (Wildman–Crippen MR) is 95.7 cm³/mol. The number of carbonyl (C=O) groups excluding carboxylic acids is 1. The molecule has 1 rings (SSSR count). The van der Waals surface area contributed by atoms with Crippen molar-refractivity contribution >= 4 is 36.8 Å². The number of nitrogens with zero attached hydrogens (tertiary/aromatic N) is 1. The van der Waals surface area contributed by atoms with E-state index in [1.807, 2.05) is 0 Å². The van der Waals surface area contributed by atoms with E-state index in [0.29, 0.717) is 37.9 Å². The third kappa shape index (κ3) is 8.00. The van der Waals surface area contributed by atoms with E-state index in [1.54, 1.807) is 10.2 Å². The van der Waals surface area contributed by atoms with Crippen LogP contribution in [0.4, 0.5) is 0 Å². The molecule has 1 heterocycles. The molecular weight excluding hydrogens is 376 g/mol. The largest absolute Gasteiger partial charge is 0.343 e. The molecule has 10 heteroatoms. The fraction of sp³-hybridized carbons (Fsp3) is 0.929. The monoisotopic (exact) mass is 403 g/mol. The summed E-state index contributed by atoms with van der Waals surface area (Å²) in [7, 11) is -3.06. The molecule has 142 valence electrons. The number of alkyl halides is 2. The molecule has 0 bridgehead atoms. The molecule has 0 aromatic heterocycles. The van der Waals surface area contributed by atoms with Gasteiger partial charge < -0.3 is 4.52 Å². The molecule has 24 heavy (non-hydrogen) atoms. The molecule has 1 amide bonds. The van der Waals surface area contributed by atoms with Crippen molar-refractivity contribution in [3.05, 3.63) is 0 Å². The molecule has 2 unspecified atom stereocenters. The van der Waals surface area contributed by atoms with Crippen molar-refractivity contribution in [3.63, 3.8) is 0 Å². The van der Waals surface area contributed by atoms with E-state index < -0.39 is 7.67 Å². The van der Waals surface area contributed by atoms with Crippen LogP contribution in [0, 0.1) is 0 Å². The average Bonchev–Trinajstić information content (AvgIpc) is 2.57. The first-order valence-electron chi connectivity index (χ1n) is 8.38. The first-order valence-corrected chi connectivity index (χ1v) is 11.0. The second-order valence-electron chi connectivity index (χ2n) is 5.79. The quantitative estimate of drug-likeness (QED) is 0.152. The molecule has 0 aromatic carbocycles. The van der Waals surface area contributed by atoms with Gasteiger partial charge in [0.15, 0.2) is 0 Å². The van der Waals surface area contributed by atoms with Gasteiger partial charge in [0.1, 0.15) is 0 Å². The summed E-state index contributed by atoms with van der Waals surface area (Å²) in [4.78, 5) is 10.9. The van der Waals surface area contributed by atoms with Gasteiger partial charge in [-0.3, -0.25) is 14.6 Å². The lowest BCUT2D eigenvalue weighted by atomic mass is 10.0. The van der Waals surface area contributed by atoms with Crippen LogP contribution in [-0.2, 0) is 13.9 Å². The van der Waals surface area contributed by atoms with Gasteiger partial charge in [0, 0.05) is 37.3 Å². The van der Waals surface area contributed by atoms with Crippen LogP contribution in [-0.4, -0.2) is 53.3 Å². The maximum atomic E-state index is 13.0. The molecule has 0 aromatic rings. The number of hydrogen-bond donors (Lipinski definition) is 3. The van der Waals surface area contributed by atoms with Crippen molar-refractivity contribution in [2.45, 2.75) is 51.0 Å². The van der Waals surface area contributed by atoms with Gasteiger partial charge in [-0.15, -0.1) is 23.2 Å². The van der Waals surface area contributed by atoms with Gasteiger partial charge in [-0.25, -0.2) is 15.2 Å². The van der Waals surface area contributed by atoms with Crippen molar-refractivity contribution in [1.82, 2.24) is 15.2 Å².